The molecule has 1 rings (SSSR count). The topological polar surface area (TPSA) is 55.6 Å². The lowest BCUT2D eigenvalue weighted by Gasteiger charge is -2.19. The van der Waals surface area contributed by atoms with Crippen LogP contribution in [0.15, 0.2) is 18.2 Å². The van der Waals surface area contributed by atoms with E-state index in [0.717, 1.165) is 12.5 Å². The molecular weight excluding hydrogens is 285 g/mol. The number of amides is 1. The maximum absolute atomic E-state index is 12.1. The van der Waals surface area contributed by atoms with Crippen molar-refractivity contribution in [3.05, 3.63) is 23.8 Å². The van der Waals surface area contributed by atoms with Crippen molar-refractivity contribution in [2.75, 3.05) is 19.3 Å². The van der Waals surface area contributed by atoms with E-state index in [1.165, 1.54) is 17.0 Å². The molecular formula is C14H19F3N2O2. The van der Waals surface area contributed by atoms with Crippen molar-refractivity contribution in [2.45, 2.75) is 26.6 Å². The van der Waals surface area contributed by atoms with Crippen LogP contribution in [0.25, 0.3) is 0 Å². The molecule has 1 aromatic carbocycles. The number of hydrogen-bond acceptors (Lipinski definition) is 3. The summed E-state index contributed by atoms with van der Waals surface area (Å²) in [5.41, 5.74) is 5.50. The molecule has 4 nitrogen and oxygen atoms in total. The Morgan fingerprint density at radius 2 is 2.00 bits per heavy atom. The summed E-state index contributed by atoms with van der Waals surface area (Å²) in [6, 6.07) is 3.51. The van der Waals surface area contributed by atoms with Gasteiger partial charge in [-0.05, 0) is 30.5 Å². The van der Waals surface area contributed by atoms with Gasteiger partial charge in [0.2, 0.25) is 0 Å². The minimum Gasteiger partial charge on any atom is -0.404 e. The van der Waals surface area contributed by atoms with E-state index in [4.69, 9.17) is 5.73 Å². The number of nitrogen functional groups attached to an aromatic ring is 1. The van der Waals surface area contributed by atoms with Crippen LogP contribution in [0.4, 0.5) is 18.9 Å². The highest BCUT2D eigenvalue weighted by molar-refractivity contribution is 5.95. The fourth-order valence-electron chi connectivity index (χ4n) is 1.67. The first kappa shape index (κ1) is 17.1. The van der Waals surface area contributed by atoms with E-state index in [0.29, 0.717) is 12.5 Å². The van der Waals surface area contributed by atoms with Crippen molar-refractivity contribution in [3.8, 4) is 5.75 Å². The number of nitrogens with zero attached hydrogens (tertiary/aromatic N) is 1. The van der Waals surface area contributed by atoms with Crippen LogP contribution in [0, 0.1) is 5.92 Å². The molecule has 0 bridgehead atoms. The first-order chi connectivity index (χ1) is 9.60. The number of halogens is 3. The van der Waals surface area contributed by atoms with Crippen LogP contribution in [0.2, 0.25) is 0 Å². The van der Waals surface area contributed by atoms with Crippen LogP contribution < -0.4 is 10.5 Å². The summed E-state index contributed by atoms with van der Waals surface area (Å²) >= 11 is 0. The van der Waals surface area contributed by atoms with Gasteiger partial charge in [-0.1, -0.05) is 13.8 Å². The smallest absolute Gasteiger partial charge is 0.404 e. The quantitative estimate of drug-likeness (QED) is 0.849. The van der Waals surface area contributed by atoms with E-state index in [2.05, 4.69) is 4.74 Å². The molecule has 0 aromatic heterocycles. The third kappa shape index (κ3) is 5.53. The second-order valence-corrected chi connectivity index (χ2v) is 5.21. The fourth-order valence-corrected chi connectivity index (χ4v) is 1.67. The lowest BCUT2D eigenvalue weighted by atomic mass is 10.1. The number of hydrogen-bond donors (Lipinski definition) is 1. The Balaban J connectivity index is 2.81. The van der Waals surface area contributed by atoms with Crippen molar-refractivity contribution < 1.29 is 22.7 Å². The SMILES string of the molecule is CC(C)CCN(C)C(=O)c1ccc(OC(F)(F)F)c(N)c1. The maximum atomic E-state index is 12.1. The Kier molecular flexibility index (Phi) is 5.46. The summed E-state index contributed by atoms with van der Waals surface area (Å²) < 4.78 is 40.2. The Bertz CT molecular complexity index is 501. The van der Waals surface area contributed by atoms with Gasteiger partial charge in [0.25, 0.3) is 5.91 Å². The zero-order valence-corrected chi connectivity index (χ0v) is 12.2. The minimum atomic E-state index is -4.81. The summed E-state index contributed by atoms with van der Waals surface area (Å²) in [5, 5.41) is 0. The Labute approximate surface area is 121 Å². The van der Waals surface area contributed by atoms with Crippen LogP contribution in [0.5, 0.6) is 5.75 Å². The first-order valence-electron chi connectivity index (χ1n) is 6.51. The highest BCUT2D eigenvalue weighted by Crippen LogP contribution is 2.29. The second kappa shape index (κ2) is 6.69. The van der Waals surface area contributed by atoms with E-state index >= 15 is 0 Å². The lowest BCUT2D eigenvalue weighted by molar-refractivity contribution is -0.274. The molecule has 0 aliphatic heterocycles. The number of benzene rings is 1. The molecule has 2 N–H and O–H groups in total. The van der Waals surface area contributed by atoms with Crippen LogP contribution in [0.3, 0.4) is 0 Å². The van der Waals surface area contributed by atoms with Crippen molar-refractivity contribution >= 4 is 11.6 Å². The molecule has 0 saturated carbocycles. The van der Waals surface area contributed by atoms with Gasteiger partial charge < -0.3 is 15.4 Å². The highest BCUT2D eigenvalue weighted by atomic mass is 19.4. The van der Waals surface area contributed by atoms with Crippen LogP contribution in [0.1, 0.15) is 30.6 Å². The predicted molar refractivity (Wildman–Crippen MR) is 74.0 cm³/mol. The molecule has 0 atom stereocenters. The third-order valence-electron chi connectivity index (χ3n) is 2.87. The summed E-state index contributed by atoms with van der Waals surface area (Å²) in [4.78, 5) is 13.6. The Morgan fingerprint density at radius 3 is 2.48 bits per heavy atom. The van der Waals surface area contributed by atoms with Gasteiger partial charge in [0.15, 0.2) is 5.75 Å². The summed E-state index contributed by atoms with van der Waals surface area (Å²) in [6.45, 7) is 4.65. The van der Waals surface area contributed by atoms with Gasteiger partial charge in [0.05, 0.1) is 5.69 Å². The monoisotopic (exact) mass is 304 g/mol. The molecule has 0 spiro atoms. The Morgan fingerprint density at radius 1 is 1.38 bits per heavy atom. The number of ether oxygens (including phenoxy) is 1. The van der Waals surface area contributed by atoms with E-state index in [1.807, 2.05) is 13.8 Å². The maximum Gasteiger partial charge on any atom is 0.573 e. The number of carbonyl (C=O) groups excluding carboxylic acids is 1. The molecule has 0 radical (unpaired) electrons. The van der Waals surface area contributed by atoms with Crippen molar-refractivity contribution in [3.63, 3.8) is 0 Å². The van der Waals surface area contributed by atoms with E-state index in [1.54, 1.807) is 7.05 Å². The van der Waals surface area contributed by atoms with Gasteiger partial charge in [0.1, 0.15) is 0 Å². The molecule has 118 valence electrons. The molecule has 0 aliphatic rings. The molecule has 0 heterocycles. The standard InChI is InChI=1S/C14H19F3N2O2/c1-9(2)6-7-19(3)13(20)10-4-5-12(11(18)8-10)21-14(15,16)17/h4-5,8-9H,6-7,18H2,1-3H3. The average Bonchev–Trinajstić information content (AvgIpc) is 2.36. The molecule has 0 saturated heterocycles. The minimum absolute atomic E-state index is 0.226. The summed E-state index contributed by atoms with van der Waals surface area (Å²) in [6.07, 6.45) is -3.97. The first-order valence-corrected chi connectivity index (χ1v) is 6.51. The van der Waals surface area contributed by atoms with Gasteiger partial charge in [-0.2, -0.15) is 0 Å². The number of carbonyl (C=O) groups is 1. The van der Waals surface area contributed by atoms with E-state index < -0.39 is 12.1 Å². The molecule has 21 heavy (non-hydrogen) atoms. The number of rotatable bonds is 5. The molecule has 0 unspecified atom stereocenters. The highest BCUT2D eigenvalue weighted by Gasteiger charge is 2.32. The molecule has 1 aromatic rings. The van der Waals surface area contributed by atoms with Gasteiger partial charge >= 0.3 is 6.36 Å². The molecule has 0 aliphatic carbocycles. The predicted octanol–water partition coefficient (Wildman–Crippen LogP) is 3.29. The van der Waals surface area contributed by atoms with Gasteiger partial charge in [-0.15, -0.1) is 13.2 Å². The summed E-state index contributed by atoms with van der Waals surface area (Å²) in [7, 11) is 1.64. The van der Waals surface area contributed by atoms with Crippen LogP contribution >= 0.6 is 0 Å². The van der Waals surface area contributed by atoms with E-state index in [-0.39, 0.29) is 17.2 Å². The van der Waals surface area contributed by atoms with Crippen LogP contribution in [-0.2, 0) is 0 Å². The number of anilines is 1. The zero-order valence-electron chi connectivity index (χ0n) is 12.2. The third-order valence-corrected chi connectivity index (χ3v) is 2.87. The lowest BCUT2D eigenvalue weighted by Crippen LogP contribution is -2.28. The van der Waals surface area contributed by atoms with E-state index in [9.17, 15) is 18.0 Å². The van der Waals surface area contributed by atoms with Crippen molar-refractivity contribution in [1.29, 1.82) is 0 Å². The number of nitrogens with two attached hydrogens (primary N) is 1. The zero-order chi connectivity index (χ0) is 16.2. The van der Waals surface area contributed by atoms with Crippen molar-refractivity contribution in [1.82, 2.24) is 4.90 Å². The van der Waals surface area contributed by atoms with Gasteiger partial charge in [-0.25, -0.2) is 0 Å². The van der Waals surface area contributed by atoms with Crippen LogP contribution in [-0.4, -0.2) is 30.8 Å². The fraction of sp³-hybridized carbons (Fsp3) is 0.500. The second-order valence-electron chi connectivity index (χ2n) is 5.21. The molecule has 7 heteroatoms. The Hall–Kier alpha value is -1.92. The normalized spacial score (nSPS) is 11.6. The molecule has 0 fully saturated rings. The largest absolute Gasteiger partial charge is 0.573 e. The average molecular weight is 304 g/mol. The van der Waals surface area contributed by atoms with Crippen molar-refractivity contribution in [2.24, 2.45) is 5.92 Å². The number of alkyl halides is 3. The van der Waals surface area contributed by atoms with Gasteiger partial charge in [0, 0.05) is 19.2 Å². The summed E-state index contributed by atoms with van der Waals surface area (Å²) in [5.74, 6) is -0.349. The van der Waals surface area contributed by atoms with Gasteiger partial charge in [-0.3, -0.25) is 4.79 Å². The molecule has 1 amide bonds.